The van der Waals surface area contributed by atoms with Gasteiger partial charge in [0.1, 0.15) is 5.82 Å². The molecule has 3 rings (SSSR count). The van der Waals surface area contributed by atoms with Crippen molar-refractivity contribution in [1.82, 2.24) is 20.2 Å². The molecule has 20 heavy (non-hydrogen) atoms. The summed E-state index contributed by atoms with van der Waals surface area (Å²) >= 11 is 4.94. The van der Waals surface area contributed by atoms with Crippen molar-refractivity contribution in [3.8, 4) is 22.6 Å². The molecule has 0 bridgehead atoms. The molecule has 4 nitrogen and oxygen atoms in total. The van der Waals surface area contributed by atoms with Crippen LogP contribution in [0.5, 0.6) is 0 Å². The molecule has 2 heterocycles. The van der Waals surface area contributed by atoms with Crippen LogP contribution in [0, 0.1) is 17.5 Å². The standard InChI is InChI=1S/C14H11FN4S/c1-8-11(13-17-14(20)19-18-13)6-7-12(16-8)9-2-4-10(15)5-3-9/h2-7H,1H3,(H2,17,18,19,20). The first-order valence-electron chi connectivity index (χ1n) is 6.02. The Morgan fingerprint density at radius 1 is 1.00 bits per heavy atom. The van der Waals surface area contributed by atoms with Gasteiger partial charge >= 0.3 is 0 Å². The van der Waals surface area contributed by atoms with Crippen molar-refractivity contribution < 1.29 is 4.39 Å². The van der Waals surface area contributed by atoms with Crippen molar-refractivity contribution in [2.24, 2.45) is 0 Å². The molecule has 1 aromatic carbocycles. The predicted octanol–water partition coefficient (Wildman–Crippen LogP) is 3.64. The van der Waals surface area contributed by atoms with E-state index in [0.717, 1.165) is 22.5 Å². The highest BCUT2D eigenvalue weighted by atomic mass is 32.1. The number of halogens is 1. The molecule has 0 unspecified atom stereocenters. The maximum Gasteiger partial charge on any atom is 0.213 e. The van der Waals surface area contributed by atoms with Gasteiger partial charge in [0.2, 0.25) is 4.77 Å². The minimum absolute atomic E-state index is 0.258. The van der Waals surface area contributed by atoms with E-state index in [2.05, 4.69) is 20.2 Å². The molecule has 100 valence electrons. The van der Waals surface area contributed by atoms with E-state index in [9.17, 15) is 4.39 Å². The van der Waals surface area contributed by atoms with Crippen molar-refractivity contribution in [1.29, 1.82) is 0 Å². The lowest BCUT2D eigenvalue weighted by Crippen LogP contribution is -1.92. The van der Waals surface area contributed by atoms with Gasteiger partial charge in [-0.25, -0.2) is 4.39 Å². The number of hydrogen-bond acceptors (Lipinski definition) is 3. The zero-order chi connectivity index (χ0) is 14.1. The minimum atomic E-state index is -0.258. The second kappa shape index (κ2) is 4.97. The lowest BCUT2D eigenvalue weighted by atomic mass is 10.1. The molecule has 0 atom stereocenters. The maximum atomic E-state index is 12.9. The van der Waals surface area contributed by atoms with Gasteiger partial charge in [0.25, 0.3) is 0 Å². The number of pyridine rings is 1. The van der Waals surface area contributed by atoms with Crippen LogP contribution in [0.25, 0.3) is 22.6 Å². The van der Waals surface area contributed by atoms with Crippen LogP contribution >= 0.6 is 12.2 Å². The Bertz CT molecular complexity index is 805. The van der Waals surface area contributed by atoms with Gasteiger partial charge in [0.15, 0.2) is 5.82 Å². The van der Waals surface area contributed by atoms with Crippen LogP contribution in [-0.2, 0) is 0 Å². The Balaban J connectivity index is 2.03. The van der Waals surface area contributed by atoms with E-state index in [1.54, 1.807) is 12.1 Å². The molecular formula is C14H11FN4S. The van der Waals surface area contributed by atoms with Gasteiger partial charge in [-0.2, -0.15) is 4.98 Å². The minimum Gasteiger partial charge on any atom is -0.282 e. The van der Waals surface area contributed by atoms with E-state index in [-0.39, 0.29) is 5.82 Å². The van der Waals surface area contributed by atoms with Crippen LogP contribution in [0.4, 0.5) is 4.39 Å². The summed E-state index contributed by atoms with van der Waals surface area (Å²) in [4.78, 5) is 8.70. The van der Waals surface area contributed by atoms with Crippen LogP contribution in [-0.4, -0.2) is 20.2 Å². The molecule has 0 amide bonds. The third-order valence-corrected chi connectivity index (χ3v) is 3.18. The van der Waals surface area contributed by atoms with E-state index in [1.807, 2.05) is 19.1 Å². The second-order valence-corrected chi connectivity index (χ2v) is 4.74. The highest BCUT2D eigenvalue weighted by molar-refractivity contribution is 7.71. The number of H-pyrrole nitrogens is 2. The molecule has 2 aromatic heterocycles. The Morgan fingerprint density at radius 2 is 1.75 bits per heavy atom. The number of rotatable bonds is 2. The molecular weight excluding hydrogens is 275 g/mol. The molecule has 0 radical (unpaired) electrons. The van der Waals surface area contributed by atoms with Gasteiger partial charge in [-0.05, 0) is 55.5 Å². The van der Waals surface area contributed by atoms with Crippen molar-refractivity contribution in [2.45, 2.75) is 6.92 Å². The van der Waals surface area contributed by atoms with Gasteiger partial charge in [0.05, 0.1) is 5.69 Å². The molecule has 0 fully saturated rings. The topological polar surface area (TPSA) is 57.4 Å². The van der Waals surface area contributed by atoms with Gasteiger partial charge in [0, 0.05) is 16.8 Å². The maximum absolute atomic E-state index is 12.9. The van der Waals surface area contributed by atoms with Crippen LogP contribution in [0.3, 0.4) is 0 Å². The van der Waals surface area contributed by atoms with Gasteiger partial charge in [-0.1, -0.05) is 0 Å². The predicted molar refractivity (Wildman–Crippen MR) is 77.1 cm³/mol. The lowest BCUT2D eigenvalue weighted by molar-refractivity contribution is 0.628. The molecule has 6 heteroatoms. The summed E-state index contributed by atoms with van der Waals surface area (Å²) in [7, 11) is 0. The zero-order valence-corrected chi connectivity index (χ0v) is 11.5. The number of aromatic nitrogens is 4. The molecule has 0 aliphatic heterocycles. The van der Waals surface area contributed by atoms with Gasteiger partial charge < -0.3 is 0 Å². The lowest BCUT2D eigenvalue weighted by Gasteiger charge is -2.06. The number of aryl methyl sites for hydroxylation is 1. The van der Waals surface area contributed by atoms with Gasteiger partial charge in [-0.3, -0.25) is 15.2 Å². The zero-order valence-electron chi connectivity index (χ0n) is 10.6. The highest BCUT2D eigenvalue weighted by Crippen LogP contribution is 2.23. The van der Waals surface area contributed by atoms with Crippen molar-refractivity contribution in [3.05, 3.63) is 52.7 Å². The molecule has 0 saturated carbocycles. The molecule has 2 N–H and O–H groups in total. The first-order chi connectivity index (χ1) is 9.63. The van der Waals surface area contributed by atoms with Crippen LogP contribution < -0.4 is 0 Å². The molecule has 0 saturated heterocycles. The Kier molecular flexibility index (Phi) is 3.15. The largest absolute Gasteiger partial charge is 0.282 e. The van der Waals surface area contributed by atoms with E-state index in [1.165, 1.54) is 12.1 Å². The Morgan fingerprint density at radius 3 is 2.35 bits per heavy atom. The van der Waals surface area contributed by atoms with Gasteiger partial charge in [-0.15, -0.1) is 0 Å². The second-order valence-electron chi connectivity index (χ2n) is 4.35. The summed E-state index contributed by atoms with van der Waals surface area (Å²) in [5.74, 6) is 0.400. The summed E-state index contributed by atoms with van der Waals surface area (Å²) in [6.45, 7) is 1.90. The number of aromatic amines is 2. The average molecular weight is 286 g/mol. The average Bonchev–Trinajstić information content (AvgIpc) is 2.86. The summed E-state index contributed by atoms with van der Waals surface area (Å²) < 4.78 is 13.3. The smallest absolute Gasteiger partial charge is 0.213 e. The normalized spacial score (nSPS) is 10.7. The summed E-state index contributed by atoms with van der Waals surface area (Å²) in [6.07, 6.45) is 0. The molecule has 0 aliphatic carbocycles. The SMILES string of the molecule is Cc1nc(-c2ccc(F)cc2)ccc1-c1nc(=S)[nH][nH]1. The molecule has 3 aromatic rings. The van der Waals surface area contributed by atoms with Crippen molar-refractivity contribution in [3.63, 3.8) is 0 Å². The third kappa shape index (κ3) is 2.37. The molecule has 0 aliphatic rings. The monoisotopic (exact) mass is 286 g/mol. The molecule has 0 spiro atoms. The van der Waals surface area contributed by atoms with Crippen molar-refractivity contribution >= 4 is 12.2 Å². The quantitative estimate of drug-likeness (QED) is 0.707. The van der Waals surface area contributed by atoms with E-state index in [4.69, 9.17) is 12.2 Å². The number of benzene rings is 1. The fourth-order valence-electron chi connectivity index (χ4n) is 1.99. The first-order valence-corrected chi connectivity index (χ1v) is 6.43. The number of nitrogens with one attached hydrogen (secondary N) is 2. The fourth-order valence-corrected chi connectivity index (χ4v) is 2.13. The van der Waals surface area contributed by atoms with Crippen LogP contribution in [0.15, 0.2) is 36.4 Å². The highest BCUT2D eigenvalue weighted by Gasteiger charge is 2.08. The van der Waals surface area contributed by atoms with Crippen molar-refractivity contribution in [2.75, 3.05) is 0 Å². The Hall–Kier alpha value is -2.34. The summed E-state index contributed by atoms with van der Waals surface area (Å²) in [5.41, 5.74) is 3.36. The van der Waals surface area contributed by atoms with E-state index < -0.39 is 0 Å². The van der Waals surface area contributed by atoms with E-state index >= 15 is 0 Å². The van der Waals surface area contributed by atoms with Crippen LogP contribution in [0.2, 0.25) is 0 Å². The first kappa shape index (κ1) is 12.7. The van der Waals surface area contributed by atoms with Crippen LogP contribution in [0.1, 0.15) is 5.69 Å². The number of nitrogens with zero attached hydrogens (tertiary/aromatic N) is 2. The Labute approximate surface area is 119 Å². The third-order valence-electron chi connectivity index (χ3n) is 2.98. The summed E-state index contributed by atoms with van der Waals surface area (Å²) in [6, 6.07) is 10.1. The summed E-state index contributed by atoms with van der Waals surface area (Å²) in [5, 5.41) is 5.66. The van der Waals surface area contributed by atoms with E-state index in [0.29, 0.717) is 10.6 Å². The fraction of sp³-hybridized carbons (Fsp3) is 0.0714. The number of hydrogen-bond donors (Lipinski definition) is 2.